The molecule has 3 heterocycles. The van der Waals surface area contributed by atoms with E-state index in [1.165, 1.54) is 12.5 Å². The highest BCUT2D eigenvalue weighted by Gasteiger charge is 2.68. The molecular formula is C47H69BN6O12S2Si. The number of rotatable bonds is 14. The molecule has 3 saturated carbocycles. The van der Waals surface area contributed by atoms with E-state index in [0.717, 1.165) is 38.5 Å². The Morgan fingerprint density at radius 3 is 2.36 bits per heavy atom. The van der Waals surface area contributed by atoms with Crippen LogP contribution in [0.2, 0.25) is 18.1 Å². The van der Waals surface area contributed by atoms with Crippen molar-refractivity contribution < 1.29 is 56.3 Å². The first kappa shape index (κ1) is 52.6. The maximum atomic E-state index is 15.1. The van der Waals surface area contributed by atoms with Gasteiger partial charge in [0.25, 0.3) is 0 Å². The summed E-state index contributed by atoms with van der Waals surface area (Å²) in [5.41, 5.74) is 0.0978. The molecule has 2 saturated heterocycles. The number of benzene rings is 2. The van der Waals surface area contributed by atoms with Crippen LogP contribution in [-0.2, 0) is 41.1 Å². The second-order valence-electron chi connectivity index (χ2n) is 21.7. The number of esters is 1. The lowest BCUT2D eigenvalue weighted by molar-refractivity contribution is -0.199. The number of amides is 4. The number of para-hydroxylation sites is 1. The summed E-state index contributed by atoms with van der Waals surface area (Å²) >= 11 is 0.999. The van der Waals surface area contributed by atoms with Crippen LogP contribution in [0, 0.1) is 17.3 Å². The highest BCUT2D eigenvalue weighted by atomic mass is 32.3. The minimum absolute atomic E-state index is 0.00134. The number of hydrogen-bond donors (Lipinski definition) is 5. The molecule has 18 nitrogen and oxygen atoms in total. The van der Waals surface area contributed by atoms with E-state index < -0.39 is 73.6 Å². The number of aromatic nitrogens is 1. The molecule has 2 bridgehead atoms. The van der Waals surface area contributed by atoms with Gasteiger partial charge in [-0.25, -0.2) is 23.7 Å². The van der Waals surface area contributed by atoms with Gasteiger partial charge in [0.05, 0.1) is 30.4 Å². The van der Waals surface area contributed by atoms with Gasteiger partial charge in [-0.1, -0.05) is 81.6 Å². The average Bonchev–Trinajstić information content (AvgIpc) is 3.88. The third-order valence-corrected chi connectivity index (χ3v) is 21.3. The van der Waals surface area contributed by atoms with Crippen LogP contribution in [0.25, 0.3) is 0 Å². The average molecular weight is 1010 g/mol. The highest BCUT2D eigenvalue weighted by Crippen LogP contribution is 2.66. The van der Waals surface area contributed by atoms with E-state index in [2.05, 4.69) is 41.7 Å². The molecule has 3 aliphatic carbocycles. The Morgan fingerprint density at radius 2 is 1.71 bits per heavy atom. The summed E-state index contributed by atoms with van der Waals surface area (Å²) in [6.07, 6.45) is 1.09. The van der Waals surface area contributed by atoms with Crippen LogP contribution in [0.4, 0.5) is 14.7 Å². The van der Waals surface area contributed by atoms with Crippen LogP contribution >= 0.6 is 22.3 Å². The molecule has 0 spiro atoms. The zero-order valence-electron chi connectivity index (χ0n) is 41.7. The van der Waals surface area contributed by atoms with Gasteiger partial charge in [-0.3, -0.25) is 19.2 Å². The molecule has 22 heteroatoms. The lowest BCUT2D eigenvalue weighted by Gasteiger charge is -2.64. The summed E-state index contributed by atoms with van der Waals surface area (Å²) in [7, 11) is -6.19. The van der Waals surface area contributed by atoms with Crippen LogP contribution in [-0.4, -0.2) is 106 Å². The Hall–Kier alpha value is -4.26. The summed E-state index contributed by atoms with van der Waals surface area (Å²) in [6.45, 7) is 22.0. The Morgan fingerprint density at radius 1 is 1.00 bits per heavy atom. The van der Waals surface area contributed by atoms with Gasteiger partial charge in [0.1, 0.15) is 23.5 Å². The van der Waals surface area contributed by atoms with Crippen molar-refractivity contribution in [1.29, 1.82) is 0 Å². The fourth-order valence-corrected chi connectivity index (χ4v) is 13.3. The fraction of sp³-hybridized carbons (Fsp3) is 0.596. The number of anilines is 1. The molecule has 5 aliphatic rings. The molecule has 1 aromatic heterocycles. The van der Waals surface area contributed by atoms with Crippen LogP contribution in [0.1, 0.15) is 115 Å². The molecule has 2 aromatic carbocycles. The molecule has 0 radical (unpaired) electrons. The third kappa shape index (κ3) is 11.1. The van der Waals surface area contributed by atoms with Gasteiger partial charge in [0.2, 0.25) is 14.2 Å². The topological polar surface area (TPSA) is 220 Å². The number of ether oxygens (including phenoxy) is 3. The SMILES string of the molecule is COc1c(C[C@H](NC(=O)C(NC(=O)N2CCCN(O[Si](C)(C)C(C)(C)C)S2(O)O)c2csc(NC(=O)OCc3ccccc3)n2)B2OC3CC4CC(C4(C)C)[C@]3(C)O2)cccc1C(=O)OC(C)(C)C. The first-order chi connectivity index (χ1) is 32.1. The van der Waals surface area contributed by atoms with Crippen molar-refractivity contribution in [3.8, 4) is 5.75 Å². The van der Waals surface area contributed by atoms with E-state index in [1.54, 1.807) is 39.0 Å². The molecule has 4 amide bonds. The summed E-state index contributed by atoms with van der Waals surface area (Å²) in [5.74, 6) is -1.41. The van der Waals surface area contributed by atoms with Crippen molar-refractivity contribution in [3.05, 3.63) is 76.3 Å². The molecular weight excluding hydrogens is 944 g/mol. The second kappa shape index (κ2) is 19.7. The van der Waals surface area contributed by atoms with Crippen LogP contribution < -0.4 is 20.7 Å². The van der Waals surface area contributed by atoms with E-state index in [0.29, 0.717) is 17.9 Å². The van der Waals surface area contributed by atoms with Crippen molar-refractivity contribution >= 4 is 66.9 Å². The molecule has 8 rings (SSSR count). The molecule has 69 heavy (non-hydrogen) atoms. The van der Waals surface area contributed by atoms with Crippen LogP contribution in [0.3, 0.4) is 0 Å². The van der Waals surface area contributed by atoms with Gasteiger partial charge in [0.15, 0.2) is 11.2 Å². The van der Waals surface area contributed by atoms with Crippen molar-refractivity contribution in [2.45, 2.75) is 142 Å². The number of thiazole rings is 1. The van der Waals surface area contributed by atoms with Gasteiger partial charge in [-0.2, -0.15) is 0 Å². The minimum Gasteiger partial charge on any atom is -0.496 e. The zero-order valence-corrected chi connectivity index (χ0v) is 44.4. The molecule has 378 valence electrons. The maximum absolute atomic E-state index is 15.1. The van der Waals surface area contributed by atoms with E-state index >= 15 is 4.79 Å². The van der Waals surface area contributed by atoms with Crippen molar-refractivity contribution in [1.82, 2.24) is 24.4 Å². The number of nitrogens with zero attached hydrogens (tertiary/aromatic N) is 3. The second-order valence-corrected chi connectivity index (χ2v) is 29.0. The lowest BCUT2D eigenvalue weighted by atomic mass is 9.43. The van der Waals surface area contributed by atoms with Crippen molar-refractivity contribution in [3.63, 3.8) is 0 Å². The zero-order chi connectivity index (χ0) is 50.5. The first-order valence-electron chi connectivity index (χ1n) is 23.4. The van der Waals surface area contributed by atoms with Gasteiger partial charge in [0, 0.05) is 18.5 Å². The summed E-state index contributed by atoms with van der Waals surface area (Å²) in [6, 6.07) is 11.7. The van der Waals surface area contributed by atoms with E-state index in [1.807, 2.05) is 64.2 Å². The highest BCUT2D eigenvalue weighted by molar-refractivity contribution is 8.20. The Bertz CT molecular complexity index is 2380. The molecule has 3 aromatic rings. The van der Waals surface area contributed by atoms with Gasteiger partial charge in [-0.15, -0.1) is 11.3 Å². The fourth-order valence-electron chi connectivity index (χ4n) is 9.46. The number of urea groups is 1. The van der Waals surface area contributed by atoms with Gasteiger partial charge >= 0.3 is 25.2 Å². The molecule has 5 N–H and O–H groups in total. The Labute approximate surface area is 412 Å². The largest absolute Gasteiger partial charge is 0.496 e. The normalized spacial score (nSPS) is 24.5. The summed E-state index contributed by atoms with van der Waals surface area (Å²) < 4.78 is 62.5. The van der Waals surface area contributed by atoms with Gasteiger partial charge in [-0.05, 0) is 117 Å². The van der Waals surface area contributed by atoms with E-state index in [-0.39, 0.29) is 70.7 Å². The summed E-state index contributed by atoms with van der Waals surface area (Å²) in [5, 5.41) is 9.73. The Kier molecular flexibility index (Phi) is 15.0. The van der Waals surface area contributed by atoms with Crippen molar-refractivity contribution in [2.75, 3.05) is 25.5 Å². The first-order valence-corrected chi connectivity index (χ1v) is 28.7. The van der Waals surface area contributed by atoms with Crippen LogP contribution in [0.15, 0.2) is 53.9 Å². The summed E-state index contributed by atoms with van der Waals surface area (Å²) in [4.78, 5) is 60.6. The van der Waals surface area contributed by atoms with E-state index in [9.17, 15) is 23.5 Å². The standard InChI is InChI=1S/C47H69BN6O12S2Si/c1-44(2,3)63-40(56)32-21-16-20-30(38(32)61-10)24-36(48-64-35-26-31-25-34(46(31,7)8)47(35,9)65-48)50-39(55)37(33-28-67-41(49-33)52-43(58)62-27-29-18-14-13-15-19-29)51-42(57)53-22-17-23-54(68(53,59)60)66-69(11,12)45(4,5)6/h13-16,18-21,28,31,34-37,59-60H,17,22-27H2,1-12H3,(H,50,55)(H,51,57)(H,49,52,58)/t31?,34?,35?,36-,37?,47-/m0/s1. The number of carbonyl (C=O) groups excluding carboxylic acids is 4. The van der Waals surface area contributed by atoms with Gasteiger partial charge < -0.3 is 38.7 Å². The smallest absolute Gasteiger partial charge is 0.482 e. The molecule has 5 fully saturated rings. The lowest BCUT2D eigenvalue weighted by Crippen LogP contribution is -2.65. The molecule has 2 aliphatic heterocycles. The monoisotopic (exact) mass is 1010 g/mol. The van der Waals surface area contributed by atoms with E-state index in [4.69, 9.17) is 28.0 Å². The number of hydrogen-bond acceptors (Lipinski definition) is 15. The number of methoxy groups -OCH3 is 1. The third-order valence-electron chi connectivity index (χ3n) is 14.4. The molecule has 4 unspecified atom stereocenters. The number of hydroxylamine groups is 1. The molecule has 6 atom stereocenters. The van der Waals surface area contributed by atoms with Crippen molar-refractivity contribution in [2.24, 2.45) is 17.3 Å². The predicted molar refractivity (Wildman–Crippen MR) is 267 cm³/mol. The minimum atomic E-state index is -4.04. The Balaban J connectivity index is 1.21. The quantitative estimate of drug-likeness (QED) is 0.0752. The number of nitrogens with one attached hydrogen (secondary N) is 3. The van der Waals surface area contributed by atoms with Crippen LogP contribution in [0.5, 0.6) is 5.75 Å². The predicted octanol–water partition coefficient (Wildman–Crippen LogP) is 9.13. The number of carbonyl (C=O) groups is 4. The maximum Gasteiger partial charge on any atom is 0.482 e.